The third-order valence-corrected chi connectivity index (χ3v) is 6.40. The van der Waals surface area contributed by atoms with Gasteiger partial charge in [0, 0.05) is 62.8 Å². The molecule has 1 N–H and O–H groups in total. The fraction of sp³-hybridized carbons (Fsp3) is 0.357. The van der Waals surface area contributed by atoms with Crippen LogP contribution in [0.4, 0.5) is 23.0 Å². The summed E-state index contributed by atoms with van der Waals surface area (Å²) in [7, 11) is 7.61. The standard InChI is InChI=1S/C28H34N8O4/c1-17(2)40-27(37)20-15-30-28(32-25(20)21-16-35(7)26-19(21)9-8-10-29-26)31-22-14-24(36(38)39)23(13-18(22)3)34(6)12-11-33(4)5/h8-10,13-17H,11-12H2,1-7H3,(H,30,31,32). The lowest BCUT2D eigenvalue weighted by molar-refractivity contribution is -0.384. The molecule has 0 saturated heterocycles. The number of anilines is 3. The summed E-state index contributed by atoms with van der Waals surface area (Å²) in [5, 5.41) is 15.9. The Hall–Kier alpha value is -4.58. The molecule has 3 aromatic heterocycles. The predicted octanol–water partition coefficient (Wildman–Crippen LogP) is 4.55. The highest BCUT2D eigenvalue weighted by Crippen LogP contribution is 2.35. The van der Waals surface area contributed by atoms with Crippen LogP contribution in [-0.2, 0) is 11.8 Å². The molecule has 0 fully saturated rings. The fourth-order valence-corrected chi connectivity index (χ4v) is 4.33. The van der Waals surface area contributed by atoms with Gasteiger partial charge in [-0.05, 0) is 58.6 Å². The number of hydrogen-bond donors (Lipinski definition) is 1. The number of fused-ring (bicyclic) bond motifs is 1. The van der Waals surface area contributed by atoms with Crippen LogP contribution in [0.2, 0.25) is 0 Å². The maximum Gasteiger partial charge on any atom is 0.342 e. The lowest BCUT2D eigenvalue weighted by Gasteiger charge is -2.22. The number of esters is 1. The van der Waals surface area contributed by atoms with Crippen molar-refractivity contribution in [1.82, 2.24) is 24.4 Å². The largest absolute Gasteiger partial charge is 0.459 e. The summed E-state index contributed by atoms with van der Waals surface area (Å²) in [5.74, 6) is -0.363. The molecule has 210 valence electrons. The Balaban J connectivity index is 1.78. The summed E-state index contributed by atoms with van der Waals surface area (Å²) < 4.78 is 7.32. The van der Waals surface area contributed by atoms with E-state index in [1.807, 2.05) is 67.8 Å². The van der Waals surface area contributed by atoms with Crippen molar-refractivity contribution in [2.24, 2.45) is 7.05 Å². The molecule has 40 heavy (non-hydrogen) atoms. The Morgan fingerprint density at radius 3 is 2.62 bits per heavy atom. The average molecular weight is 547 g/mol. The third kappa shape index (κ3) is 6.01. The normalized spacial score (nSPS) is 11.3. The second-order valence-electron chi connectivity index (χ2n) is 10.2. The number of rotatable bonds is 10. The molecule has 3 heterocycles. The average Bonchev–Trinajstić information content (AvgIpc) is 3.24. The lowest BCUT2D eigenvalue weighted by Crippen LogP contribution is -2.29. The Bertz CT molecular complexity index is 1560. The number of likely N-dealkylation sites (N-methyl/N-ethyl adjacent to an activating group) is 2. The van der Waals surface area contributed by atoms with Crippen LogP contribution in [0.25, 0.3) is 22.3 Å². The first kappa shape index (κ1) is 28.4. The van der Waals surface area contributed by atoms with E-state index in [9.17, 15) is 14.9 Å². The van der Waals surface area contributed by atoms with E-state index in [-0.39, 0.29) is 23.3 Å². The highest BCUT2D eigenvalue weighted by molar-refractivity contribution is 6.02. The van der Waals surface area contributed by atoms with E-state index in [0.29, 0.717) is 29.2 Å². The molecular formula is C28H34N8O4. The van der Waals surface area contributed by atoms with Crippen LogP contribution in [0.3, 0.4) is 0 Å². The van der Waals surface area contributed by atoms with Gasteiger partial charge in [0.2, 0.25) is 5.95 Å². The molecule has 0 spiro atoms. The zero-order chi connectivity index (χ0) is 29.1. The number of benzene rings is 1. The number of ether oxygens (including phenoxy) is 1. The van der Waals surface area contributed by atoms with E-state index in [1.54, 1.807) is 26.1 Å². The number of nitrogens with zero attached hydrogens (tertiary/aromatic N) is 7. The summed E-state index contributed by atoms with van der Waals surface area (Å²) in [6.07, 6.45) is 4.64. The van der Waals surface area contributed by atoms with Crippen LogP contribution >= 0.6 is 0 Å². The molecule has 4 aromatic rings. The maximum atomic E-state index is 13.0. The summed E-state index contributed by atoms with van der Waals surface area (Å²) in [4.78, 5) is 42.0. The minimum absolute atomic E-state index is 0.0353. The van der Waals surface area contributed by atoms with Gasteiger partial charge >= 0.3 is 5.97 Å². The number of aryl methyl sites for hydroxylation is 2. The molecule has 0 aliphatic rings. The SMILES string of the molecule is Cc1cc(N(C)CCN(C)C)c([N+](=O)[O-])cc1Nc1ncc(C(=O)OC(C)C)c(-c2cn(C)c3ncccc23)n1. The summed E-state index contributed by atoms with van der Waals surface area (Å²) in [6, 6.07) is 6.99. The molecular weight excluding hydrogens is 512 g/mol. The van der Waals surface area contributed by atoms with Crippen LogP contribution in [-0.4, -0.2) is 75.6 Å². The van der Waals surface area contributed by atoms with Gasteiger partial charge in [-0.3, -0.25) is 10.1 Å². The van der Waals surface area contributed by atoms with Gasteiger partial charge in [-0.1, -0.05) is 0 Å². The van der Waals surface area contributed by atoms with Gasteiger partial charge in [-0.25, -0.2) is 19.7 Å². The van der Waals surface area contributed by atoms with Crippen LogP contribution in [0.15, 0.2) is 42.9 Å². The molecule has 0 saturated carbocycles. The molecule has 0 aliphatic heterocycles. The molecule has 0 bridgehead atoms. The van der Waals surface area contributed by atoms with Crippen molar-refractivity contribution in [2.75, 3.05) is 44.4 Å². The molecule has 0 radical (unpaired) electrons. The van der Waals surface area contributed by atoms with Crippen LogP contribution < -0.4 is 10.2 Å². The van der Waals surface area contributed by atoms with Crippen molar-refractivity contribution in [3.8, 4) is 11.3 Å². The first-order valence-corrected chi connectivity index (χ1v) is 12.9. The number of nitro groups is 1. The van der Waals surface area contributed by atoms with E-state index in [0.717, 1.165) is 23.1 Å². The number of nitrogens with one attached hydrogen (secondary N) is 1. The minimum atomic E-state index is -0.547. The zero-order valence-electron chi connectivity index (χ0n) is 23.8. The van der Waals surface area contributed by atoms with Crippen molar-refractivity contribution < 1.29 is 14.5 Å². The molecule has 12 heteroatoms. The highest BCUT2D eigenvalue weighted by atomic mass is 16.6. The molecule has 12 nitrogen and oxygen atoms in total. The number of pyridine rings is 1. The van der Waals surface area contributed by atoms with Crippen molar-refractivity contribution in [1.29, 1.82) is 0 Å². The Labute approximate surface area is 232 Å². The minimum Gasteiger partial charge on any atom is -0.459 e. The first-order chi connectivity index (χ1) is 19.0. The maximum absolute atomic E-state index is 13.0. The second kappa shape index (κ2) is 11.7. The zero-order valence-corrected chi connectivity index (χ0v) is 23.8. The number of carbonyl (C=O) groups is 1. The molecule has 0 unspecified atom stereocenters. The van der Waals surface area contributed by atoms with Crippen molar-refractivity contribution in [3.05, 3.63) is 64.1 Å². The quantitative estimate of drug-likeness (QED) is 0.172. The van der Waals surface area contributed by atoms with E-state index in [4.69, 9.17) is 9.72 Å². The molecule has 0 atom stereocenters. The number of carbonyl (C=O) groups excluding carboxylic acids is 1. The molecule has 0 aliphatic carbocycles. The monoisotopic (exact) mass is 546 g/mol. The van der Waals surface area contributed by atoms with E-state index >= 15 is 0 Å². The Morgan fingerprint density at radius 1 is 1.20 bits per heavy atom. The molecule has 4 rings (SSSR count). The van der Waals surface area contributed by atoms with Gasteiger partial charge in [-0.2, -0.15) is 0 Å². The Morgan fingerprint density at radius 2 is 1.95 bits per heavy atom. The van der Waals surface area contributed by atoms with Gasteiger partial charge in [0.1, 0.15) is 16.9 Å². The van der Waals surface area contributed by atoms with E-state index in [2.05, 4.69) is 15.3 Å². The second-order valence-corrected chi connectivity index (χ2v) is 10.2. The van der Waals surface area contributed by atoms with Crippen LogP contribution in [0, 0.1) is 17.0 Å². The summed E-state index contributed by atoms with van der Waals surface area (Å²) in [5.41, 5.74) is 3.74. The van der Waals surface area contributed by atoms with Gasteiger partial charge < -0.3 is 24.4 Å². The van der Waals surface area contributed by atoms with Gasteiger partial charge in [0.15, 0.2) is 0 Å². The molecule has 1 aromatic carbocycles. The van der Waals surface area contributed by atoms with Crippen molar-refractivity contribution in [3.63, 3.8) is 0 Å². The van der Waals surface area contributed by atoms with Gasteiger partial charge in [-0.15, -0.1) is 0 Å². The smallest absolute Gasteiger partial charge is 0.342 e. The van der Waals surface area contributed by atoms with Gasteiger partial charge in [0.25, 0.3) is 5.69 Å². The summed E-state index contributed by atoms with van der Waals surface area (Å²) >= 11 is 0. The molecule has 0 amide bonds. The van der Waals surface area contributed by atoms with Crippen LogP contribution in [0.5, 0.6) is 0 Å². The van der Waals surface area contributed by atoms with Gasteiger partial charge in [0.05, 0.1) is 22.4 Å². The number of aromatic nitrogens is 4. The topological polar surface area (TPSA) is 132 Å². The van der Waals surface area contributed by atoms with Crippen molar-refractivity contribution in [2.45, 2.75) is 26.9 Å². The van der Waals surface area contributed by atoms with E-state index in [1.165, 1.54) is 12.3 Å². The van der Waals surface area contributed by atoms with E-state index < -0.39 is 10.9 Å². The first-order valence-electron chi connectivity index (χ1n) is 12.9. The Kier molecular flexibility index (Phi) is 8.29. The highest BCUT2D eigenvalue weighted by Gasteiger charge is 2.24. The van der Waals surface area contributed by atoms with Crippen molar-refractivity contribution >= 4 is 40.0 Å². The number of nitro benzene ring substituents is 1. The van der Waals surface area contributed by atoms with Crippen LogP contribution in [0.1, 0.15) is 29.8 Å². The lowest BCUT2D eigenvalue weighted by atomic mass is 10.1. The fourth-order valence-electron chi connectivity index (χ4n) is 4.33. The number of hydrogen-bond acceptors (Lipinski definition) is 10. The predicted molar refractivity (Wildman–Crippen MR) is 155 cm³/mol. The third-order valence-electron chi connectivity index (χ3n) is 6.40. The summed E-state index contributed by atoms with van der Waals surface area (Å²) in [6.45, 7) is 6.78.